The molecule has 0 spiro atoms. The van der Waals surface area contributed by atoms with Gasteiger partial charge in [0.05, 0.1) is 28.0 Å². The molecule has 0 fully saturated rings. The fourth-order valence-electron chi connectivity index (χ4n) is 5.54. The van der Waals surface area contributed by atoms with Crippen LogP contribution in [0.5, 0.6) is 0 Å². The quantitative estimate of drug-likeness (QED) is 0.235. The molecular formula is C36H23N3O. The van der Waals surface area contributed by atoms with Crippen LogP contribution in [0.15, 0.2) is 144 Å². The highest BCUT2D eigenvalue weighted by Crippen LogP contribution is 2.39. The van der Waals surface area contributed by atoms with Crippen molar-refractivity contribution in [1.82, 2.24) is 14.4 Å². The van der Waals surface area contributed by atoms with Gasteiger partial charge in [-0.2, -0.15) is 0 Å². The van der Waals surface area contributed by atoms with Crippen molar-refractivity contribution in [2.45, 2.75) is 0 Å². The summed E-state index contributed by atoms with van der Waals surface area (Å²) in [4.78, 5) is 9.91. The van der Waals surface area contributed by atoms with Gasteiger partial charge >= 0.3 is 0 Å². The number of aromatic nitrogens is 3. The van der Waals surface area contributed by atoms with E-state index < -0.39 is 0 Å². The Hall–Kier alpha value is -5.48. The summed E-state index contributed by atoms with van der Waals surface area (Å²) in [7, 11) is 0. The van der Waals surface area contributed by atoms with E-state index in [2.05, 4.69) is 83.3 Å². The molecule has 0 aliphatic heterocycles. The van der Waals surface area contributed by atoms with Crippen molar-refractivity contribution in [1.29, 1.82) is 0 Å². The Bertz CT molecular complexity index is 2080. The smallest absolute Gasteiger partial charge is 0.213 e. The van der Waals surface area contributed by atoms with E-state index in [9.17, 15) is 0 Å². The summed E-state index contributed by atoms with van der Waals surface area (Å²) in [5.74, 6) is 0.712. The molecule has 4 heteroatoms. The predicted molar refractivity (Wildman–Crippen MR) is 162 cm³/mol. The fourth-order valence-corrected chi connectivity index (χ4v) is 5.54. The van der Waals surface area contributed by atoms with Gasteiger partial charge in [0.2, 0.25) is 5.71 Å². The highest BCUT2D eigenvalue weighted by molar-refractivity contribution is 6.07. The number of oxazole rings is 1. The summed E-state index contributed by atoms with van der Waals surface area (Å²) in [6, 6.07) is 47.8. The molecule has 0 N–H and O–H groups in total. The molecule has 0 atom stereocenters. The molecule has 8 aromatic rings. The Morgan fingerprint density at radius 3 is 1.75 bits per heavy atom. The van der Waals surface area contributed by atoms with Crippen LogP contribution in [-0.2, 0) is 0 Å². The summed E-state index contributed by atoms with van der Waals surface area (Å²) < 4.78 is 8.63. The van der Waals surface area contributed by atoms with Crippen LogP contribution in [0.3, 0.4) is 0 Å². The van der Waals surface area contributed by atoms with Gasteiger partial charge in [0.1, 0.15) is 0 Å². The van der Waals surface area contributed by atoms with Crippen LogP contribution in [0.2, 0.25) is 0 Å². The van der Waals surface area contributed by atoms with Crippen molar-refractivity contribution in [2.75, 3.05) is 0 Å². The van der Waals surface area contributed by atoms with Crippen molar-refractivity contribution in [3.05, 3.63) is 140 Å². The van der Waals surface area contributed by atoms with Gasteiger partial charge in [-0.05, 0) is 29.8 Å². The van der Waals surface area contributed by atoms with E-state index in [1.807, 2.05) is 60.7 Å². The van der Waals surface area contributed by atoms with Gasteiger partial charge < -0.3 is 4.42 Å². The Labute approximate surface area is 230 Å². The van der Waals surface area contributed by atoms with Crippen LogP contribution in [0.25, 0.3) is 72.7 Å². The van der Waals surface area contributed by atoms with Gasteiger partial charge in [0, 0.05) is 22.1 Å². The SMILES string of the molecule is c1ccc(-c2cc(-c3ccc(-c4c5ccccc5n5c4oc4ccccc45)cc3)nc(-c3ccccc3)n2)cc1. The van der Waals surface area contributed by atoms with Gasteiger partial charge in [-0.3, -0.25) is 4.40 Å². The summed E-state index contributed by atoms with van der Waals surface area (Å²) in [6.07, 6.45) is 0. The van der Waals surface area contributed by atoms with Crippen molar-refractivity contribution in [3.63, 3.8) is 0 Å². The Kier molecular flexibility index (Phi) is 5.10. The van der Waals surface area contributed by atoms with E-state index in [0.29, 0.717) is 5.82 Å². The van der Waals surface area contributed by atoms with Crippen LogP contribution < -0.4 is 0 Å². The van der Waals surface area contributed by atoms with E-state index in [1.165, 1.54) is 5.39 Å². The van der Waals surface area contributed by atoms with Gasteiger partial charge in [0.25, 0.3) is 0 Å². The lowest BCUT2D eigenvalue weighted by atomic mass is 10.0. The second-order valence-corrected chi connectivity index (χ2v) is 9.87. The van der Waals surface area contributed by atoms with Crippen molar-refractivity contribution in [2.24, 2.45) is 0 Å². The second kappa shape index (κ2) is 9.07. The molecule has 0 unspecified atom stereocenters. The third-order valence-electron chi connectivity index (χ3n) is 7.44. The normalized spacial score (nSPS) is 11.5. The Morgan fingerprint density at radius 2 is 1.02 bits per heavy atom. The third-order valence-corrected chi connectivity index (χ3v) is 7.44. The molecule has 3 heterocycles. The maximum atomic E-state index is 6.41. The number of hydrogen-bond donors (Lipinski definition) is 0. The molecule has 188 valence electrons. The average molecular weight is 514 g/mol. The maximum Gasteiger partial charge on any atom is 0.213 e. The first-order valence-electron chi connectivity index (χ1n) is 13.3. The summed E-state index contributed by atoms with van der Waals surface area (Å²) >= 11 is 0. The highest BCUT2D eigenvalue weighted by atomic mass is 16.3. The second-order valence-electron chi connectivity index (χ2n) is 9.87. The third kappa shape index (κ3) is 3.62. The van der Waals surface area contributed by atoms with Crippen molar-refractivity contribution >= 4 is 27.7 Å². The average Bonchev–Trinajstić information content (AvgIpc) is 3.56. The molecular weight excluding hydrogens is 490 g/mol. The topological polar surface area (TPSA) is 43.3 Å². The van der Waals surface area contributed by atoms with E-state index >= 15 is 0 Å². The molecule has 0 radical (unpaired) electrons. The van der Waals surface area contributed by atoms with Crippen LogP contribution in [0, 0.1) is 0 Å². The fraction of sp³-hybridized carbons (Fsp3) is 0. The number of benzene rings is 5. The van der Waals surface area contributed by atoms with Crippen molar-refractivity contribution in [3.8, 4) is 45.0 Å². The number of hydrogen-bond acceptors (Lipinski definition) is 3. The zero-order chi connectivity index (χ0) is 26.5. The molecule has 8 rings (SSSR count). The minimum absolute atomic E-state index is 0.712. The van der Waals surface area contributed by atoms with Gasteiger partial charge in [-0.25, -0.2) is 9.97 Å². The molecule has 4 nitrogen and oxygen atoms in total. The minimum atomic E-state index is 0.712. The largest absolute Gasteiger partial charge is 0.438 e. The molecule has 0 saturated heterocycles. The number of rotatable bonds is 4. The predicted octanol–water partition coefficient (Wildman–Crippen LogP) is 9.30. The molecule has 5 aromatic carbocycles. The minimum Gasteiger partial charge on any atom is -0.438 e. The summed E-state index contributed by atoms with van der Waals surface area (Å²) in [5, 5.41) is 1.17. The molecule has 0 saturated carbocycles. The van der Waals surface area contributed by atoms with E-state index in [0.717, 1.165) is 61.5 Å². The zero-order valence-corrected chi connectivity index (χ0v) is 21.5. The van der Waals surface area contributed by atoms with Crippen molar-refractivity contribution < 1.29 is 4.42 Å². The molecule has 0 amide bonds. The Morgan fingerprint density at radius 1 is 0.475 bits per heavy atom. The number of nitrogens with zero attached hydrogens (tertiary/aromatic N) is 3. The first-order chi connectivity index (χ1) is 19.8. The first-order valence-corrected chi connectivity index (χ1v) is 13.3. The van der Waals surface area contributed by atoms with Gasteiger partial charge in [0.15, 0.2) is 11.4 Å². The van der Waals surface area contributed by atoms with E-state index in [-0.39, 0.29) is 0 Å². The van der Waals surface area contributed by atoms with Gasteiger partial charge in [-0.15, -0.1) is 0 Å². The molecule has 0 bridgehead atoms. The molecule has 0 aliphatic carbocycles. The summed E-state index contributed by atoms with van der Waals surface area (Å²) in [5.41, 5.74) is 11.0. The van der Waals surface area contributed by atoms with Crippen LogP contribution in [0.4, 0.5) is 0 Å². The van der Waals surface area contributed by atoms with Gasteiger partial charge in [-0.1, -0.05) is 115 Å². The van der Waals surface area contributed by atoms with Crippen LogP contribution in [0.1, 0.15) is 0 Å². The monoisotopic (exact) mass is 513 g/mol. The maximum absolute atomic E-state index is 6.41. The Balaban J connectivity index is 1.28. The van der Waals surface area contributed by atoms with E-state index in [1.54, 1.807) is 0 Å². The highest BCUT2D eigenvalue weighted by Gasteiger charge is 2.19. The lowest BCUT2D eigenvalue weighted by Crippen LogP contribution is -1.95. The first kappa shape index (κ1) is 22.5. The lowest BCUT2D eigenvalue weighted by molar-refractivity contribution is 0.658. The van der Waals surface area contributed by atoms with Crippen LogP contribution >= 0.6 is 0 Å². The van der Waals surface area contributed by atoms with E-state index in [4.69, 9.17) is 14.4 Å². The standard InChI is InChI=1S/C36H23N3O/c1-3-11-24(12-4-1)29-23-30(38-35(37-29)27-13-5-2-6-14-27)25-19-21-26(22-20-25)34-28-15-7-8-16-31(28)39-32-17-9-10-18-33(32)40-36(34)39/h1-23H. The summed E-state index contributed by atoms with van der Waals surface area (Å²) in [6.45, 7) is 0. The molecule has 40 heavy (non-hydrogen) atoms. The zero-order valence-electron chi connectivity index (χ0n) is 21.5. The number of fused-ring (bicyclic) bond motifs is 5. The van der Waals surface area contributed by atoms with Crippen LogP contribution in [-0.4, -0.2) is 14.4 Å². The molecule has 0 aliphatic rings. The number of para-hydroxylation sites is 3. The molecule has 3 aromatic heterocycles. The lowest BCUT2D eigenvalue weighted by Gasteiger charge is -2.10.